The van der Waals surface area contributed by atoms with Gasteiger partial charge in [-0.1, -0.05) is 17.7 Å². The van der Waals surface area contributed by atoms with Gasteiger partial charge in [-0.2, -0.15) is 5.10 Å². The van der Waals surface area contributed by atoms with Gasteiger partial charge in [-0.05, 0) is 25.1 Å². The van der Waals surface area contributed by atoms with Crippen LogP contribution in [-0.4, -0.2) is 15.7 Å². The Morgan fingerprint density at radius 2 is 2.26 bits per heavy atom. The van der Waals surface area contributed by atoms with Crippen LogP contribution < -0.4 is 5.32 Å². The first-order valence-electron chi connectivity index (χ1n) is 5.86. The van der Waals surface area contributed by atoms with Crippen molar-refractivity contribution in [3.8, 4) is 0 Å². The van der Waals surface area contributed by atoms with Gasteiger partial charge in [0.25, 0.3) is 5.91 Å². The summed E-state index contributed by atoms with van der Waals surface area (Å²) in [4.78, 5) is 11.9. The van der Waals surface area contributed by atoms with Crippen LogP contribution in [0.25, 0.3) is 0 Å². The van der Waals surface area contributed by atoms with Crippen molar-refractivity contribution in [1.29, 1.82) is 0 Å². The Balaban J connectivity index is 2.10. The van der Waals surface area contributed by atoms with Crippen molar-refractivity contribution in [3.63, 3.8) is 0 Å². The largest absolute Gasteiger partial charge is 0.346 e. The van der Waals surface area contributed by atoms with E-state index in [2.05, 4.69) is 10.4 Å². The molecule has 0 aliphatic rings. The molecule has 6 heteroatoms. The molecule has 0 aliphatic heterocycles. The lowest BCUT2D eigenvalue weighted by Gasteiger charge is -2.08. The topological polar surface area (TPSA) is 46.9 Å². The van der Waals surface area contributed by atoms with Gasteiger partial charge in [-0.25, -0.2) is 4.39 Å². The molecule has 0 radical (unpaired) electrons. The van der Waals surface area contributed by atoms with E-state index in [1.54, 1.807) is 16.9 Å². The maximum Gasteiger partial charge on any atom is 0.256 e. The van der Waals surface area contributed by atoms with Crippen molar-refractivity contribution in [2.45, 2.75) is 20.0 Å². The normalized spacial score (nSPS) is 10.5. The number of hydrogen-bond donors (Lipinski definition) is 1. The van der Waals surface area contributed by atoms with Gasteiger partial charge >= 0.3 is 0 Å². The van der Waals surface area contributed by atoms with E-state index < -0.39 is 11.7 Å². The van der Waals surface area contributed by atoms with E-state index in [0.717, 1.165) is 5.69 Å². The van der Waals surface area contributed by atoms with E-state index >= 15 is 0 Å². The van der Waals surface area contributed by atoms with E-state index in [1.165, 1.54) is 18.2 Å². The molecule has 1 amide bonds. The third-order valence-corrected chi connectivity index (χ3v) is 3.04. The molecule has 1 heterocycles. The van der Waals surface area contributed by atoms with Crippen molar-refractivity contribution in [3.05, 3.63) is 52.6 Å². The maximum absolute atomic E-state index is 13.5. The second kappa shape index (κ2) is 5.84. The Morgan fingerprint density at radius 1 is 1.47 bits per heavy atom. The maximum atomic E-state index is 13.5. The summed E-state index contributed by atoms with van der Waals surface area (Å²) >= 11 is 5.83. The molecule has 0 bridgehead atoms. The molecular formula is C13H13ClFN3O. The Hall–Kier alpha value is -1.88. The number of aryl methyl sites for hydroxylation is 1. The number of amides is 1. The number of carbonyl (C=O) groups is 1. The molecule has 1 aromatic heterocycles. The fraction of sp³-hybridized carbons (Fsp3) is 0.231. The first kappa shape index (κ1) is 13.5. The number of aromatic nitrogens is 2. The fourth-order valence-electron chi connectivity index (χ4n) is 1.77. The highest BCUT2D eigenvalue weighted by atomic mass is 35.5. The number of nitrogens with zero attached hydrogens (tertiary/aromatic N) is 2. The Morgan fingerprint density at radius 3 is 2.95 bits per heavy atom. The zero-order valence-electron chi connectivity index (χ0n) is 10.4. The summed E-state index contributed by atoms with van der Waals surface area (Å²) in [5, 5.41) is 6.82. The summed E-state index contributed by atoms with van der Waals surface area (Å²) in [6.07, 6.45) is 1.65. The number of nitrogens with one attached hydrogen (secondary N) is 1. The molecule has 19 heavy (non-hydrogen) atoms. The van der Waals surface area contributed by atoms with Crippen LogP contribution in [-0.2, 0) is 13.1 Å². The van der Waals surface area contributed by atoms with Crippen LogP contribution in [0, 0.1) is 5.82 Å². The van der Waals surface area contributed by atoms with Crippen LogP contribution >= 0.6 is 11.6 Å². The molecule has 0 aliphatic carbocycles. The van der Waals surface area contributed by atoms with Crippen molar-refractivity contribution in [1.82, 2.24) is 15.1 Å². The minimum atomic E-state index is -0.631. The molecule has 0 fully saturated rings. The smallest absolute Gasteiger partial charge is 0.256 e. The van der Waals surface area contributed by atoms with Crippen molar-refractivity contribution < 1.29 is 9.18 Å². The molecular weight excluding hydrogens is 269 g/mol. The van der Waals surface area contributed by atoms with Crippen molar-refractivity contribution >= 4 is 17.5 Å². The summed E-state index contributed by atoms with van der Waals surface area (Å²) in [7, 11) is 0. The Labute approximate surface area is 115 Å². The van der Waals surface area contributed by atoms with Crippen LogP contribution in [0.4, 0.5) is 4.39 Å². The lowest BCUT2D eigenvalue weighted by molar-refractivity contribution is 0.0946. The zero-order chi connectivity index (χ0) is 13.8. The van der Waals surface area contributed by atoms with Crippen LogP contribution in [0.3, 0.4) is 0 Å². The van der Waals surface area contributed by atoms with E-state index in [-0.39, 0.29) is 17.1 Å². The van der Waals surface area contributed by atoms with Gasteiger partial charge in [0.1, 0.15) is 5.82 Å². The van der Waals surface area contributed by atoms with E-state index in [1.807, 2.05) is 6.92 Å². The van der Waals surface area contributed by atoms with E-state index in [4.69, 9.17) is 11.6 Å². The molecule has 0 unspecified atom stereocenters. The van der Waals surface area contributed by atoms with Gasteiger partial charge in [0, 0.05) is 12.7 Å². The molecule has 0 saturated heterocycles. The highest BCUT2D eigenvalue weighted by Gasteiger charge is 2.15. The number of benzene rings is 1. The first-order chi connectivity index (χ1) is 9.13. The SMILES string of the molecule is CCn1nccc1CNC(=O)c1c(F)cccc1Cl. The highest BCUT2D eigenvalue weighted by Crippen LogP contribution is 2.18. The van der Waals surface area contributed by atoms with E-state index in [9.17, 15) is 9.18 Å². The predicted octanol–water partition coefficient (Wildman–Crippen LogP) is 2.63. The van der Waals surface area contributed by atoms with Crippen molar-refractivity contribution in [2.24, 2.45) is 0 Å². The van der Waals surface area contributed by atoms with Gasteiger partial charge in [-0.3, -0.25) is 9.48 Å². The standard InChI is InChI=1S/C13H13ClFN3O/c1-2-18-9(6-7-17-18)8-16-13(19)12-10(14)4-3-5-11(12)15/h3-7H,2,8H2,1H3,(H,16,19). The molecule has 0 saturated carbocycles. The van der Waals surface area contributed by atoms with Gasteiger partial charge in [-0.15, -0.1) is 0 Å². The minimum absolute atomic E-state index is 0.0986. The summed E-state index contributed by atoms with van der Waals surface area (Å²) in [6, 6.07) is 5.94. The summed E-state index contributed by atoms with van der Waals surface area (Å²) < 4.78 is 15.3. The molecule has 2 rings (SSSR count). The number of halogens is 2. The summed E-state index contributed by atoms with van der Waals surface area (Å²) in [5.74, 6) is -1.17. The molecule has 100 valence electrons. The average Bonchev–Trinajstić information content (AvgIpc) is 2.83. The highest BCUT2D eigenvalue weighted by molar-refractivity contribution is 6.33. The zero-order valence-corrected chi connectivity index (χ0v) is 11.1. The molecule has 0 atom stereocenters. The molecule has 4 nitrogen and oxygen atoms in total. The van der Waals surface area contributed by atoms with E-state index in [0.29, 0.717) is 6.54 Å². The van der Waals surface area contributed by atoms with Crippen LogP contribution in [0.2, 0.25) is 5.02 Å². The molecule has 1 N–H and O–H groups in total. The Bertz CT molecular complexity index is 577. The molecule has 2 aromatic rings. The third-order valence-electron chi connectivity index (χ3n) is 2.72. The second-order valence-corrected chi connectivity index (χ2v) is 4.32. The summed E-state index contributed by atoms with van der Waals surface area (Å²) in [5.41, 5.74) is 0.718. The van der Waals surface area contributed by atoms with Crippen molar-refractivity contribution in [2.75, 3.05) is 0 Å². The van der Waals surface area contributed by atoms with Crippen LogP contribution in [0.1, 0.15) is 23.0 Å². The monoisotopic (exact) mass is 281 g/mol. The number of carbonyl (C=O) groups excluding carboxylic acids is 1. The predicted molar refractivity (Wildman–Crippen MR) is 70.5 cm³/mol. The molecule has 1 aromatic carbocycles. The molecule has 0 spiro atoms. The number of rotatable bonds is 4. The van der Waals surface area contributed by atoms with Crippen LogP contribution in [0.5, 0.6) is 0 Å². The number of hydrogen-bond acceptors (Lipinski definition) is 2. The first-order valence-corrected chi connectivity index (χ1v) is 6.24. The van der Waals surface area contributed by atoms with Gasteiger partial charge in [0.05, 0.1) is 22.8 Å². The van der Waals surface area contributed by atoms with Gasteiger partial charge in [0.2, 0.25) is 0 Å². The fourth-order valence-corrected chi connectivity index (χ4v) is 2.02. The van der Waals surface area contributed by atoms with Gasteiger partial charge in [0.15, 0.2) is 0 Å². The average molecular weight is 282 g/mol. The van der Waals surface area contributed by atoms with Gasteiger partial charge < -0.3 is 5.32 Å². The lowest BCUT2D eigenvalue weighted by Crippen LogP contribution is -2.25. The lowest BCUT2D eigenvalue weighted by atomic mass is 10.2. The summed E-state index contributed by atoms with van der Waals surface area (Å²) in [6.45, 7) is 2.93. The second-order valence-electron chi connectivity index (χ2n) is 3.92. The third kappa shape index (κ3) is 2.93. The minimum Gasteiger partial charge on any atom is -0.346 e. The Kier molecular flexibility index (Phi) is 4.16. The quantitative estimate of drug-likeness (QED) is 0.936. The van der Waals surface area contributed by atoms with Crippen LogP contribution in [0.15, 0.2) is 30.5 Å².